The van der Waals surface area contributed by atoms with Crippen LogP contribution in [0.5, 0.6) is 5.75 Å². The first-order valence-corrected chi connectivity index (χ1v) is 10.5. The number of nitrogens with one attached hydrogen (secondary N) is 2. The molecule has 0 spiro atoms. The number of hydrazone groups is 1. The first-order chi connectivity index (χ1) is 14.8. The van der Waals surface area contributed by atoms with Gasteiger partial charge in [0.2, 0.25) is 5.91 Å². The standard InChI is InChI=1S/C22H19N3O5S/c1-16(26)24-19-9-13-21(14-10-19)31(28,29)30-20-11-7-17(8-12-20)15-23-25-22(27)18-5-3-2-4-6-18/h2-15H,1H3,(H,24,26)(H,25,27)/b23-15+. The Balaban J connectivity index is 1.60. The highest BCUT2D eigenvalue weighted by molar-refractivity contribution is 7.87. The van der Waals surface area contributed by atoms with Gasteiger partial charge in [-0.15, -0.1) is 0 Å². The van der Waals surface area contributed by atoms with Crippen LogP contribution in [0.25, 0.3) is 0 Å². The quantitative estimate of drug-likeness (QED) is 0.335. The van der Waals surface area contributed by atoms with Gasteiger partial charge in [0.25, 0.3) is 5.91 Å². The lowest BCUT2D eigenvalue weighted by molar-refractivity contribution is -0.114. The van der Waals surface area contributed by atoms with Crippen molar-refractivity contribution in [2.45, 2.75) is 11.8 Å². The summed E-state index contributed by atoms with van der Waals surface area (Å²) in [5.41, 5.74) is 4.02. The van der Waals surface area contributed by atoms with Crippen molar-refractivity contribution in [1.82, 2.24) is 5.43 Å². The molecule has 158 valence electrons. The van der Waals surface area contributed by atoms with E-state index in [1.165, 1.54) is 49.5 Å². The van der Waals surface area contributed by atoms with Crippen molar-refractivity contribution in [3.05, 3.63) is 90.0 Å². The zero-order valence-electron chi connectivity index (χ0n) is 16.5. The molecule has 0 unspecified atom stereocenters. The maximum Gasteiger partial charge on any atom is 0.339 e. The first kappa shape index (κ1) is 21.7. The Morgan fingerprint density at radius 2 is 1.55 bits per heavy atom. The second-order valence-electron chi connectivity index (χ2n) is 6.38. The van der Waals surface area contributed by atoms with Gasteiger partial charge in [0.1, 0.15) is 10.6 Å². The smallest absolute Gasteiger partial charge is 0.339 e. The Morgan fingerprint density at radius 3 is 2.16 bits per heavy atom. The third-order valence-corrected chi connectivity index (χ3v) is 5.23. The zero-order chi connectivity index (χ0) is 22.3. The van der Waals surface area contributed by atoms with Gasteiger partial charge in [-0.3, -0.25) is 9.59 Å². The molecule has 0 radical (unpaired) electrons. The summed E-state index contributed by atoms with van der Waals surface area (Å²) < 4.78 is 30.0. The van der Waals surface area contributed by atoms with E-state index >= 15 is 0 Å². The Bertz CT molecular complexity index is 1190. The number of nitrogens with zero attached hydrogens (tertiary/aromatic N) is 1. The summed E-state index contributed by atoms with van der Waals surface area (Å²) in [6.07, 6.45) is 1.43. The second kappa shape index (κ2) is 9.68. The van der Waals surface area contributed by atoms with Crippen LogP contribution in [-0.4, -0.2) is 26.4 Å². The average Bonchev–Trinajstić information content (AvgIpc) is 2.75. The number of amides is 2. The maximum atomic E-state index is 12.4. The molecule has 3 aromatic carbocycles. The molecule has 0 saturated heterocycles. The topological polar surface area (TPSA) is 114 Å². The highest BCUT2D eigenvalue weighted by Gasteiger charge is 2.16. The molecule has 0 atom stereocenters. The highest BCUT2D eigenvalue weighted by atomic mass is 32.2. The highest BCUT2D eigenvalue weighted by Crippen LogP contribution is 2.20. The van der Waals surface area contributed by atoms with E-state index in [1.807, 2.05) is 6.07 Å². The molecule has 0 saturated carbocycles. The van der Waals surface area contributed by atoms with E-state index in [4.69, 9.17) is 4.18 Å². The monoisotopic (exact) mass is 437 g/mol. The summed E-state index contributed by atoms with van der Waals surface area (Å²) in [7, 11) is -4.03. The summed E-state index contributed by atoms with van der Waals surface area (Å²) in [4.78, 5) is 22.9. The first-order valence-electron chi connectivity index (χ1n) is 9.14. The molecule has 9 heteroatoms. The van der Waals surface area contributed by atoms with Crippen molar-refractivity contribution < 1.29 is 22.2 Å². The number of rotatable bonds is 7. The van der Waals surface area contributed by atoms with Gasteiger partial charge in [-0.25, -0.2) is 5.43 Å². The van der Waals surface area contributed by atoms with E-state index in [1.54, 1.807) is 36.4 Å². The van der Waals surface area contributed by atoms with E-state index in [0.29, 0.717) is 16.8 Å². The van der Waals surface area contributed by atoms with E-state index in [-0.39, 0.29) is 22.5 Å². The summed E-state index contributed by atoms with van der Waals surface area (Å²) in [6.45, 7) is 1.36. The lowest BCUT2D eigenvalue weighted by Gasteiger charge is -2.08. The van der Waals surface area contributed by atoms with Gasteiger partial charge >= 0.3 is 10.1 Å². The fourth-order valence-corrected chi connectivity index (χ4v) is 3.44. The minimum Gasteiger partial charge on any atom is -0.379 e. The largest absolute Gasteiger partial charge is 0.379 e. The number of anilines is 1. The molecule has 0 bridgehead atoms. The van der Waals surface area contributed by atoms with Crippen LogP contribution in [0.3, 0.4) is 0 Å². The van der Waals surface area contributed by atoms with Crippen LogP contribution in [-0.2, 0) is 14.9 Å². The van der Waals surface area contributed by atoms with Crippen LogP contribution >= 0.6 is 0 Å². The molecule has 2 N–H and O–H groups in total. The predicted molar refractivity (Wildman–Crippen MR) is 117 cm³/mol. The van der Waals surface area contributed by atoms with E-state index in [2.05, 4.69) is 15.8 Å². The Hall–Kier alpha value is -3.98. The van der Waals surface area contributed by atoms with Crippen molar-refractivity contribution in [3.8, 4) is 5.75 Å². The molecule has 0 heterocycles. The van der Waals surface area contributed by atoms with Crippen molar-refractivity contribution in [2.75, 3.05) is 5.32 Å². The SMILES string of the molecule is CC(=O)Nc1ccc(S(=O)(=O)Oc2ccc(/C=N/NC(=O)c3ccccc3)cc2)cc1. The third kappa shape index (κ3) is 6.25. The molecule has 0 aliphatic rings. The molecule has 0 aromatic heterocycles. The Labute approximate surface area is 179 Å². The van der Waals surface area contributed by atoms with E-state index < -0.39 is 10.1 Å². The molecule has 0 aliphatic carbocycles. The molecule has 2 amide bonds. The van der Waals surface area contributed by atoms with Gasteiger partial charge in [-0.2, -0.15) is 13.5 Å². The minimum atomic E-state index is -4.03. The summed E-state index contributed by atoms with van der Waals surface area (Å²) in [6, 6.07) is 20.4. The van der Waals surface area contributed by atoms with Crippen LogP contribution in [0.4, 0.5) is 5.69 Å². The average molecular weight is 437 g/mol. The summed E-state index contributed by atoms with van der Waals surface area (Å²) in [5.74, 6) is -0.473. The minimum absolute atomic E-state index is 0.0455. The van der Waals surface area contributed by atoms with Crippen molar-refractivity contribution >= 4 is 33.8 Å². The normalized spacial score (nSPS) is 11.1. The number of hydrogen-bond acceptors (Lipinski definition) is 6. The number of hydrogen-bond donors (Lipinski definition) is 2. The van der Waals surface area contributed by atoms with Gasteiger partial charge in [-0.1, -0.05) is 18.2 Å². The van der Waals surface area contributed by atoms with Crippen molar-refractivity contribution in [3.63, 3.8) is 0 Å². The predicted octanol–water partition coefficient (Wildman–Crippen LogP) is 3.18. The van der Waals surface area contributed by atoms with Crippen molar-refractivity contribution in [2.24, 2.45) is 5.10 Å². The van der Waals surface area contributed by atoms with Crippen molar-refractivity contribution in [1.29, 1.82) is 0 Å². The van der Waals surface area contributed by atoms with Crippen LogP contribution in [0.15, 0.2) is 88.9 Å². The number of benzene rings is 3. The molecule has 31 heavy (non-hydrogen) atoms. The number of carbonyl (C=O) groups is 2. The fourth-order valence-electron chi connectivity index (χ4n) is 2.51. The molecule has 0 fully saturated rings. The Morgan fingerprint density at radius 1 is 0.903 bits per heavy atom. The zero-order valence-corrected chi connectivity index (χ0v) is 17.3. The third-order valence-electron chi connectivity index (χ3n) is 3.97. The molecule has 3 rings (SSSR count). The second-order valence-corrected chi connectivity index (χ2v) is 7.92. The lowest BCUT2D eigenvalue weighted by Crippen LogP contribution is -2.17. The van der Waals surface area contributed by atoms with Gasteiger partial charge in [-0.05, 0) is 66.2 Å². The lowest BCUT2D eigenvalue weighted by atomic mass is 10.2. The van der Waals surface area contributed by atoms with Crippen LogP contribution in [0.2, 0.25) is 0 Å². The van der Waals surface area contributed by atoms with Gasteiger partial charge in [0, 0.05) is 18.2 Å². The fraction of sp³-hybridized carbons (Fsp3) is 0.0455. The maximum absolute atomic E-state index is 12.4. The summed E-state index contributed by atoms with van der Waals surface area (Å²) >= 11 is 0. The molecular weight excluding hydrogens is 418 g/mol. The van der Waals surface area contributed by atoms with Crippen LogP contribution in [0.1, 0.15) is 22.8 Å². The molecular formula is C22H19N3O5S. The van der Waals surface area contributed by atoms with Gasteiger partial charge < -0.3 is 9.50 Å². The van der Waals surface area contributed by atoms with E-state index in [9.17, 15) is 18.0 Å². The summed E-state index contributed by atoms with van der Waals surface area (Å²) in [5, 5.41) is 6.44. The van der Waals surface area contributed by atoms with Gasteiger partial charge in [0.05, 0.1) is 6.21 Å². The Kier molecular flexibility index (Phi) is 6.78. The van der Waals surface area contributed by atoms with E-state index in [0.717, 1.165) is 0 Å². The van der Waals surface area contributed by atoms with Crippen LogP contribution in [0, 0.1) is 0 Å². The molecule has 0 aliphatic heterocycles. The molecule has 8 nitrogen and oxygen atoms in total. The van der Waals surface area contributed by atoms with Gasteiger partial charge in [0.15, 0.2) is 0 Å². The molecule has 3 aromatic rings. The number of carbonyl (C=O) groups excluding carboxylic acids is 2. The van der Waals surface area contributed by atoms with Crippen LogP contribution < -0.4 is 14.9 Å².